The van der Waals surface area contributed by atoms with Crippen LogP contribution in [0.3, 0.4) is 0 Å². The summed E-state index contributed by atoms with van der Waals surface area (Å²) < 4.78 is 39.3. The Balaban J connectivity index is 2.33. The SMILES string of the molecule is Cc1cc(F)ccc1NS(=O)(=O)c1cnc(Cl)s1. The quantitative estimate of drug-likeness (QED) is 0.948. The van der Waals surface area contributed by atoms with Crippen LogP contribution in [0.5, 0.6) is 0 Å². The first-order valence-corrected chi connectivity index (χ1v) is 7.46. The van der Waals surface area contributed by atoms with E-state index < -0.39 is 15.8 Å². The van der Waals surface area contributed by atoms with E-state index in [1.807, 2.05) is 0 Å². The van der Waals surface area contributed by atoms with Crippen molar-refractivity contribution in [3.05, 3.63) is 40.2 Å². The van der Waals surface area contributed by atoms with Crippen LogP contribution in [0.4, 0.5) is 10.1 Å². The summed E-state index contributed by atoms with van der Waals surface area (Å²) in [7, 11) is -3.73. The molecule has 0 aliphatic rings. The molecule has 0 aliphatic carbocycles. The lowest BCUT2D eigenvalue weighted by atomic mass is 10.2. The maximum Gasteiger partial charge on any atom is 0.273 e. The number of halogens is 2. The van der Waals surface area contributed by atoms with Gasteiger partial charge in [0.2, 0.25) is 0 Å². The molecule has 1 heterocycles. The van der Waals surface area contributed by atoms with Gasteiger partial charge in [0, 0.05) is 0 Å². The van der Waals surface area contributed by atoms with Crippen LogP contribution in [-0.4, -0.2) is 13.4 Å². The van der Waals surface area contributed by atoms with Gasteiger partial charge in [0.15, 0.2) is 8.68 Å². The van der Waals surface area contributed by atoms with Crippen LogP contribution in [0.25, 0.3) is 0 Å². The second-order valence-corrected chi connectivity index (χ2v) is 7.02. The molecule has 96 valence electrons. The topological polar surface area (TPSA) is 59.1 Å². The normalized spacial score (nSPS) is 11.5. The molecule has 4 nitrogen and oxygen atoms in total. The minimum Gasteiger partial charge on any atom is -0.279 e. The summed E-state index contributed by atoms with van der Waals surface area (Å²) in [5.41, 5.74) is 0.815. The van der Waals surface area contributed by atoms with Gasteiger partial charge in [-0.25, -0.2) is 17.8 Å². The Morgan fingerprint density at radius 3 is 2.72 bits per heavy atom. The second-order valence-electron chi connectivity index (χ2n) is 3.50. The minimum absolute atomic E-state index is 0.0104. The Kier molecular flexibility index (Phi) is 3.56. The molecule has 0 spiro atoms. The zero-order valence-corrected chi connectivity index (χ0v) is 11.5. The van der Waals surface area contributed by atoms with Gasteiger partial charge in [0.05, 0.1) is 11.9 Å². The third-order valence-corrected chi connectivity index (χ3v) is 5.10. The molecule has 1 N–H and O–H groups in total. The van der Waals surface area contributed by atoms with Crippen LogP contribution in [0, 0.1) is 12.7 Å². The fourth-order valence-electron chi connectivity index (χ4n) is 1.30. The molecule has 1 aromatic carbocycles. The molecule has 0 atom stereocenters. The molecule has 0 saturated heterocycles. The van der Waals surface area contributed by atoms with E-state index in [9.17, 15) is 12.8 Å². The number of thiazole rings is 1. The highest BCUT2D eigenvalue weighted by Crippen LogP contribution is 2.26. The van der Waals surface area contributed by atoms with E-state index in [1.165, 1.54) is 24.4 Å². The molecule has 0 radical (unpaired) electrons. The highest BCUT2D eigenvalue weighted by atomic mass is 35.5. The van der Waals surface area contributed by atoms with Gasteiger partial charge in [-0.2, -0.15) is 0 Å². The van der Waals surface area contributed by atoms with Crippen molar-refractivity contribution in [2.75, 3.05) is 4.72 Å². The average Bonchev–Trinajstić information content (AvgIpc) is 2.70. The summed E-state index contributed by atoms with van der Waals surface area (Å²) in [6.45, 7) is 1.61. The number of nitrogens with zero attached hydrogens (tertiary/aromatic N) is 1. The molecule has 0 fully saturated rings. The monoisotopic (exact) mass is 306 g/mol. The zero-order valence-electron chi connectivity index (χ0n) is 9.15. The van der Waals surface area contributed by atoms with Crippen LogP contribution in [0.15, 0.2) is 28.6 Å². The second kappa shape index (κ2) is 4.83. The zero-order chi connectivity index (χ0) is 13.3. The van der Waals surface area contributed by atoms with Gasteiger partial charge in [-0.05, 0) is 30.7 Å². The Morgan fingerprint density at radius 1 is 1.44 bits per heavy atom. The molecule has 0 amide bonds. The predicted octanol–water partition coefficient (Wildman–Crippen LogP) is 3.04. The largest absolute Gasteiger partial charge is 0.279 e. The maximum absolute atomic E-state index is 12.9. The minimum atomic E-state index is -3.73. The lowest BCUT2D eigenvalue weighted by Crippen LogP contribution is -2.12. The van der Waals surface area contributed by atoms with E-state index in [-0.39, 0.29) is 8.68 Å². The third kappa shape index (κ3) is 2.80. The number of anilines is 1. The number of aromatic nitrogens is 1. The van der Waals surface area contributed by atoms with Crippen LogP contribution in [0.1, 0.15) is 5.56 Å². The number of sulfonamides is 1. The van der Waals surface area contributed by atoms with Crippen molar-refractivity contribution in [1.29, 1.82) is 0 Å². The van der Waals surface area contributed by atoms with Gasteiger partial charge in [0.25, 0.3) is 10.0 Å². The van der Waals surface area contributed by atoms with E-state index in [1.54, 1.807) is 6.92 Å². The summed E-state index contributed by atoms with van der Waals surface area (Å²) in [5, 5.41) is 0. The first-order valence-electron chi connectivity index (χ1n) is 4.79. The van der Waals surface area contributed by atoms with Crippen molar-refractivity contribution in [2.24, 2.45) is 0 Å². The highest BCUT2D eigenvalue weighted by molar-refractivity contribution is 7.94. The molecule has 1 aromatic heterocycles. The van der Waals surface area contributed by atoms with Crippen LogP contribution >= 0.6 is 22.9 Å². The number of rotatable bonds is 3. The van der Waals surface area contributed by atoms with E-state index in [0.29, 0.717) is 11.3 Å². The lowest BCUT2D eigenvalue weighted by Gasteiger charge is -2.08. The van der Waals surface area contributed by atoms with Crippen LogP contribution in [-0.2, 0) is 10.0 Å². The fraction of sp³-hybridized carbons (Fsp3) is 0.100. The molecule has 18 heavy (non-hydrogen) atoms. The van der Waals surface area contributed by atoms with Gasteiger partial charge in [0.1, 0.15) is 5.82 Å². The molecule has 0 bridgehead atoms. The van der Waals surface area contributed by atoms with Gasteiger partial charge in [-0.1, -0.05) is 22.9 Å². The predicted molar refractivity (Wildman–Crippen MR) is 69.1 cm³/mol. The number of hydrogen-bond donors (Lipinski definition) is 1. The maximum atomic E-state index is 12.9. The molecular weight excluding hydrogens is 299 g/mol. The third-order valence-electron chi connectivity index (χ3n) is 2.15. The summed E-state index contributed by atoms with van der Waals surface area (Å²) >= 11 is 6.44. The molecule has 0 unspecified atom stereocenters. The first-order chi connectivity index (χ1) is 8.38. The first kappa shape index (κ1) is 13.3. The average molecular weight is 307 g/mol. The molecule has 2 rings (SSSR count). The Morgan fingerprint density at radius 2 is 2.17 bits per heavy atom. The van der Waals surface area contributed by atoms with Gasteiger partial charge in [-0.3, -0.25) is 4.72 Å². The van der Waals surface area contributed by atoms with E-state index in [2.05, 4.69) is 9.71 Å². The molecule has 0 aliphatic heterocycles. The molecule has 2 aromatic rings. The Bertz CT molecular complexity index is 685. The number of benzene rings is 1. The fourth-order valence-corrected chi connectivity index (χ4v) is 3.72. The van der Waals surface area contributed by atoms with Crippen molar-refractivity contribution < 1.29 is 12.8 Å². The van der Waals surface area contributed by atoms with Crippen molar-refractivity contribution in [1.82, 2.24) is 4.98 Å². The highest BCUT2D eigenvalue weighted by Gasteiger charge is 2.18. The summed E-state index contributed by atoms with van der Waals surface area (Å²) in [6.07, 6.45) is 1.17. The van der Waals surface area contributed by atoms with E-state index in [4.69, 9.17) is 11.6 Å². The Hall–Kier alpha value is -1.18. The van der Waals surface area contributed by atoms with Crippen molar-refractivity contribution in [2.45, 2.75) is 11.1 Å². The smallest absolute Gasteiger partial charge is 0.273 e. The number of hydrogen-bond acceptors (Lipinski definition) is 4. The van der Waals surface area contributed by atoms with Gasteiger partial charge in [-0.15, -0.1) is 0 Å². The number of nitrogens with one attached hydrogen (secondary N) is 1. The van der Waals surface area contributed by atoms with Crippen LogP contribution in [0.2, 0.25) is 4.47 Å². The summed E-state index contributed by atoms with van der Waals surface area (Å²) in [6, 6.07) is 3.80. The number of aryl methyl sites for hydroxylation is 1. The summed E-state index contributed by atoms with van der Waals surface area (Å²) in [4.78, 5) is 3.67. The molecular formula is C10H8ClFN2O2S2. The van der Waals surface area contributed by atoms with Crippen molar-refractivity contribution >= 4 is 38.6 Å². The van der Waals surface area contributed by atoms with Crippen molar-refractivity contribution in [3.8, 4) is 0 Å². The van der Waals surface area contributed by atoms with Crippen LogP contribution < -0.4 is 4.72 Å². The molecule has 8 heteroatoms. The molecule has 0 saturated carbocycles. The Labute approximate surface area is 112 Å². The standard InChI is InChI=1S/C10H8ClFN2O2S2/c1-6-4-7(12)2-3-8(6)14-18(15,16)9-5-13-10(11)17-9/h2-5,14H,1H3. The van der Waals surface area contributed by atoms with Gasteiger partial charge >= 0.3 is 0 Å². The lowest BCUT2D eigenvalue weighted by molar-refractivity contribution is 0.602. The van der Waals surface area contributed by atoms with E-state index >= 15 is 0 Å². The summed E-state index contributed by atoms with van der Waals surface area (Å²) in [5.74, 6) is -0.420. The van der Waals surface area contributed by atoms with Crippen molar-refractivity contribution in [3.63, 3.8) is 0 Å². The van der Waals surface area contributed by atoms with E-state index in [0.717, 1.165) is 11.3 Å². The van der Waals surface area contributed by atoms with Gasteiger partial charge < -0.3 is 0 Å².